The maximum Gasteiger partial charge on any atom is 0.146 e. The zero-order valence-electron chi connectivity index (χ0n) is 14.8. The van der Waals surface area contributed by atoms with Crippen LogP contribution in [0.25, 0.3) is 0 Å². The quantitative estimate of drug-likeness (QED) is 0.636. The van der Waals surface area contributed by atoms with Crippen LogP contribution in [0.1, 0.15) is 36.6 Å². The highest BCUT2D eigenvalue weighted by Crippen LogP contribution is 2.24. The first-order valence-electron chi connectivity index (χ1n) is 8.34. The molecule has 0 saturated carbocycles. The van der Waals surface area contributed by atoms with Crippen LogP contribution < -0.4 is 10.6 Å². The highest BCUT2D eigenvalue weighted by Gasteiger charge is 2.12. The zero-order chi connectivity index (χ0) is 18.2. The number of pyridine rings is 1. The Kier molecular flexibility index (Phi) is 6.61. The summed E-state index contributed by atoms with van der Waals surface area (Å²) in [6, 6.07) is 11.1. The number of aryl methyl sites for hydroxylation is 1. The molecule has 0 aliphatic heterocycles. The first-order valence-corrected chi connectivity index (χ1v) is 8.34. The van der Waals surface area contributed by atoms with Gasteiger partial charge in [-0.05, 0) is 50.1 Å². The highest BCUT2D eigenvalue weighted by atomic mass is 16.5. The number of aromatic nitrogens is 1. The third-order valence-electron chi connectivity index (χ3n) is 3.83. The van der Waals surface area contributed by atoms with E-state index in [0.29, 0.717) is 37.0 Å². The van der Waals surface area contributed by atoms with Gasteiger partial charge in [-0.2, -0.15) is 5.26 Å². The van der Waals surface area contributed by atoms with E-state index in [1.807, 2.05) is 39.0 Å². The molecular formula is C19H24N4O2. The number of nitrogens with zero attached hydrogens (tertiary/aromatic N) is 2. The molecule has 1 unspecified atom stereocenters. The number of benzene rings is 1. The minimum absolute atomic E-state index is 0.0108. The molecule has 0 aliphatic carbocycles. The Morgan fingerprint density at radius 2 is 2.04 bits per heavy atom. The third-order valence-corrected chi connectivity index (χ3v) is 3.83. The summed E-state index contributed by atoms with van der Waals surface area (Å²) in [5, 5.41) is 25.3. The van der Waals surface area contributed by atoms with Gasteiger partial charge in [0.25, 0.3) is 0 Å². The lowest BCUT2D eigenvalue weighted by molar-refractivity contribution is 0.158. The van der Waals surface area contributed by atoms with E-state index in [2.05, 4.69) is 21.7 Å². The van der Waals surface area contributed by atoms with E-state index in [0.717, 1.165) is 11.1 Å². The van der Waals surface area contributed by atoms with Gasteiger partial charge in [-0.15, -0.1) is 0 Å². The standard InChI is InChI=1S/C19H24N4O2/c1-4-25-10-9-21-19-17(12-20)13(2)11-18(23-19)22-14(3)15-5-7-16(24)8-6-15/h5-8,11,14,24H,4,9-10H2,1-3H3,(H2,21,22,23). The second-order valence-electron chi connectivity index (χ2n) is 5.74. The number of nitriles is 1. The Balaban J connectivity index is 2.16. The largest absolute Gasteiger partial charge is 0.508 e. The Hall–Kier alpha value is -2.78. The molecular weight excluding hydrogens is 316 g/mol. The average molecular weight is 340 g/mol. The summed E-state index contributed by atoms with van der Waals surface area (Å²) in [7, 11) is 0. The molecule has 6 heteroatoms. The molecule has 1 atom stereocenters. The zero-order valence-corrected chi connectivity index (χ0v) is 14.8. The number of phenols is 1. The van der Waals surface area contributed by atoms with Crippen LogP contribution >= 0.6 is 0 Å². The normalized spacial score (nSPS) is 11.6. The van der Waals surface area contributed by atoms with Gasteiger partial charge in [0.15, 0.2) is 0 Å². The third kappa shape index (κ3) is 5.10. The van der Waals surface area contributed by atoms with Crippen molar-refractivity contribution in [3.63, 3.8) is 0 Å². The molecule has 0 bridgehead atoms. The van der Waals surface area contributed by atoms with E-state index in [9.17, 15) is 10.4 Å². The molecule has 1 aromatic heterocycles. The van der Waals surface area contributed by atoms with Crippen molar-refractivity contribution in [3.05, 3.63) is 47.0 Å². The minimum atomic E-state index is 0.0108. The molecule has 0 spiro atoms. The van der Waals surface area contributed by atoms with Gasteiger partial charge in [0.2, 0.25) is 0 Å². The van der Waals surface area contributed by atoms with Crippen LogP contribution in [0.15, 0.2) is 30.3 Å². The predicted molar refractivity (Wildman–Crippen MR) is 98.8 cm³/mol. The number of phenolic OH excluding ortho intramolecular Hbond substituents is 1. The number of anilines is 2. The topological polar surface area (TPSA) is 90.2 Å². The summed E-state index contributed by atoms with van der Waals surface area (Å²) in [6.45, 7) is 7.66. The van der Waals surface area contributed by atoms with Gasteiger partial charge in [0.1, 0.15) is 23.5 Å². The van der Waals surface area contributed by atoms with Gasteiger partial charge in [-0.1, -0.05) is 12.1 Å². The number of aromatic hydroxyl groups is 1. The van der Waals surface area contributed by atoms with Gasteiger partial charge in [0, 0.05) is 19.2 Å². The lowest BCUT2D eigenvalue weighted by Gasteiger charge is -2.17. The van der Waals surface area contributed by atoms with E-state index in [1.165, 1.54) is 0 Å². The summed E-state index contributed by atoms with van der Waals surface area (Å²) in [6.07, 6.45) is 0. The predicted octanol–water partition coefficient (Wildman–Crippen LogP) is 3.59. The summed E-state index contributed by atoms with van der Waals surface area (Å²) in [5.41, 5.74) is 2.43. The van der Waals surface area contributed by atoms with Gasteiger partial charge in [0.05, 0.1) is 12.2 Å². The minimum Gasteiger partial charge on any atom is -0.508 e. The van der Waals surface area contributed by atoms with Crippen molar-refractivity contribution in [2.45, 2.75) is 26.8 Å². The van der Waals surface area contributed by atoms with Crippen LogP contribution in [0.4, 0.5) is 11.6 Å². The van der Waals surface area contributed by atoms with Crippen LogP contribution in [0, 0.1) is 18.3 Å². The highest BCUT2D eigenvalue weighted by molar-refractivity contribution is 5.61. The lowest BCUT2D eigenvalue weighted by Crippen LogP contribution is -2.14. The van der Waals surface area contributed by atoms with Gasteiger partial charge in [-0.3, -0.25) is 0 Å². The number of nitrogens with one attached hydrogen (secondary N) is 2. The van der Waals surface area contributed by atoms with E-state index < -0.39 is 0 Å². The molecule has 25 heavy (non-hydrogen) atoms. The van der Waals surface area contributed by atoms with Crippen molar-refractivity contribution in [1.29, 1.82) is 5.26 Å². The van der Waals surface area contributed by atoms with Gasteiger partial charge >= 0.3 is 0 Å². The first kappa shape index (κ1) is 18.6. The number of hydrogen-bond acceptors (Lipinski definition) is 6. The number of rotatable bonds is 8. The molecule has 0 saturated heterocycles. The molecule has 6 nitrogen and oxygen atoms in total. The van der Waals surface area contributed by atoms with Gasteiger partial charge < -0.3 is 20.5 Å². The molecule has 0 fully saturated rings. The molecule has 0 aliphatic rings. The van der Waals surface area contributed by atoms with Crippen LogP contribution in [0.3, 0.4) is 0 Å². The molecule has 2 aromatic rings. The van der Waals surface area contributed by atoms with Crippen LogP contribution in [0.2, 0.25) is 0 Å². The average Bonchev–Trinajstić information content (AvgIpc) is 2.59. The second-order valence-corrected chi connectivity index (χ2v) is 5.74. The Labute approximate surface area is 148 Å². The van der Waals surface area contributed by atoms with Crippen molar-refractivity contribution in [3.8, 4) is 11.8 Å². The molecule has 1 heterocycles. The first-order chi connectivity index (χ1) is 12.0. The summed E-state index contributed by atoms with van der Waals surface area (Å²) in [4.78, 5) is 4.54. The summed E-state index contributed by atoms with van der Waals surface area (Å²) >= 11 is 0. The molecule has 0 radical (unpaired) electrons. The van der Waals surface area contributed by atoms with E-state index in [-0.39, 0.29) is 11.8 Å². The maximum absolute atomic E-state index is 9.40. The molecule has 1 aromatic carbocycles. The van der Waals surface area contributed by atoms with Crippen molar-refractivity contribution >= 4 is 11.6 Å². The number of ether oxygens (including phenoxy) is 1. The van der Waals surface area contributed by atoms with Crippen LogP contribution in [-0.2, 0) is 4.74 Å². The smallest absolute Gasteiger partial charge is 0.146 e. The maximum atomic E-state index is 9.40. The Morgan fingerprint density at radius 1 is 1.32 bits per heavy atom. The summed E-state index contributed by atoms with van der Waals surface area (Å²) in [5.74, 6) is 1.49. The van der Waals surface area contributed by atoms with Crippen molar-refractivity contribution < 1.29 is 9.84 Å². The second kappa shape index (κ2) is 8.90. The van der Waals surface area contributed by atoms with Crippen LogP contribution in [-0.4, -0.2) is 29.8 Å². The van der Waals surface area contributed by atoms with Crippen molar-refractivity contribution in [1.82, 2.24) is 4.98 Å². The summed E-state index contributed by atoms with van der Waals surface area (Å²) < 4.78 is 5.31. The fourth-order valence-electron chi connectivity index (χ4n) is 2.47. The fourth-order valence-corrected chi connectivity index (χ4v) is 2.47. The SMILES string of the molecule is CCOCCNc1nc(NC(C)c2ccc(O)cc2)cc(C)c1C#N. The lowest BCUT2D eigenvalue weighted by atomic mass is 10.1. The molecule has 132 valence electrons. The van der Waals surface area contributed by atoms with Crippen molar-refractivity contribution in [2.75, 3.05) is 30.4 Å². The molecule has 2 rings (SSSR count). The molecule has 3 N–H and O–H groups in total. The number of hydrogen-bond donors (Lipinski definition) is 3. The van der Waals surface area contributed by atoms with Crippen LogP contribution in [0.5, 0.6) is 5.75 Å². The van der Waals surface area contributed by atoms with E-state index >= 15 is 0 Å². The Morgan fingerprint density at radius 3 is 2.68 bits per heavy atom. The van der Waals surface area contributed by atoms with Crippen molar-refractivity contribution in [2.24, 2.45) is 0 Å². The fraction of sp³-hybridized carbons (Fsp3) is 0.368. The van der Waals surface area contributed by atoms with Gasteiger partial charge in [-0.25, -0.2) is 4.98 Å². The van der Waals surface area contributed by atoms with E-state index in [1.54, 1.807) is 12.1 Å². The molecule has 0 amide bonds. The van der Waals surface area contributed by atoms with E-state index in [4.69, 9.17) is 4.74 Å². The Bertz CT molecular complexity index is 738. The monoisotopic (exact) mass is 340 g/mol.